The van der Waals surface area contributed by atoms with Gasteiger partial charge in [0.2, 0.25) is 0 Å². The molecule has 1 aliphatic heterocycles. The van der Waals surface area contributed by atoms with E-state index in [-0.39, 0.29) is 24.0 Å². The molecule has 0 saturated heterocycles. The Morgan fingerprint density at radius 2 is 2.07 bits per heavy atom. The first-order valence-electron chi connectivity index (χ1n) is 4.96. The van der Waals surface area contributed by atoms with Gasteiger partial charge >= 0.3 is 0 Å². The van der Waals surface area contributed by atoms with Crippen LogP contribution < -0.4 is 10.6 Å². The van der Waals surface area contributed by atoms with Gasteiger partial charge in [0.15, 0.2) is 5.96 Å². The first-order valence-corrected chi connectivity index (χ1v) is 4.96. The van der Waals surface area contributed by atoms with Gasteiger partial charge in [0.05, 0.1) is 12.6 Å². The molecule has 1 aliphatic rings. The summed E-state index contributed by atoms with van der Waals surface area (Å²) in [6, 6.07) is 10.7. The molecule has 4 heteroatoms. The molecule has 0 spiro atoms. The molecule has 15 heavy (non-hydrogen) atoms. The minimum absolute atomic E-state index is 0. The van der Waals surface area contributed by atoms with Crippen molar-refractivity contribution in [3.05, 3.63) is 35.9 Å². The molecule has 1 aromatic carbocycles. The van der Waals surface area contributed by atoms with E-state index in [1.54, 1.807) is 0 Å². The lowest BCUT2D eigenvalue weighted by atomic mass is 10.1. The number of hydrogen-bond acceptors (Lipinski definition) is 3. The Balaban J connectivity index is 0.00000112. The third-order valence-electron chi connectivity index (χ3n) is 2.33. The largest absolute Gasteiger partial charge is 0.355 e. The quantitative estimate of drug-likeness (QED) is 0.818. The maximum atomic E-state index is 4.30. The van der Waals surface area contributed by atoms with E-state index in [0.717, 1.165) is 19.0 Å². The predicted octanol–water partition coefficient (Wildman–Crippen LogP) is 1.91. The smallest absolute Gasteiger partial charge is 0.191 e. The molecule has 0 unspecified atom stereocenters. The summed E-state index contributed by atoms with van der Waals surface area (Å²) in [6.45, 7) is 3.96. The number of hydrogen-bond donors (Lipinski definition) is 2. The fraction of sp³-hybridized carbons (Fsp3) is 0.364. The first-order chi connectivity index (χ1) is 6.86. The minimum atomic E-state index is 0. The van der Waals surface area contributed by atoms with Crippen molar-refractivity contribution < 1.29 is 0 Å². The number of halogens is 1. The van der Waals surface area contributed by atoms with E-state index in [1.165, 1.54) is 5.56 Å². The van der Waals surface area contributed by atoms with Crippen LogP contribution in [0.1, 0.15) is 18.5 Å². The predicted molar refractivity (Wildman–Crippen MR) is 73.7 cm³/mol. The van der Waals surface area contributed by atoms with Crippen molar-refractivity contribution in [1.82, 2.24) is 10.6 Å². The summed E-state index contributed by atoms with van der Waals surface area (Å²) < 4.78 is 0. The zero-order valence-electron chi connectivity index (χ0n) is 8.73. The Kier molecular flexibility index (Phi) is 4.87. The van der Waals surface area contributed by atoms with Crippen LogP contribution in [0.2, 0.25) is 0 Å². The molecule has 0 radical (unpaired) electrons. The molecule has 82 valence electrons. The van der Waals surface area contributed by atoms with E-state index < -0.39 is 0 Å². The van der Waals surface area contributed by atoms with Gasteiger partial charge in [-0.3, -0.25) is 4.99 Å². The first kappa shape index (κ1) is 12.3. The highest BCUT2D eigenvalue weighted by Gasteiger charge is 2.09. The molecular weight excluding hydrogens is 301 g/mol. The lowest BCUT2D eigenvalue weighted by Gasteiger charge is -2.15. The van der Waals surface area contributed by atoms with Crippen LogP contribution in [-0.4, -0.2) is 19.0 Å². The number of nitrogens with zero attached hydrogens (tertiary/aromatic N) is 1. The zero-order chi connectivity index (χ0) is 9.80. The van der Waals surface area contributed by atoms with Crippen LogP contribution >= 0.6 is 24.0 Å². The molecular formula is C11H16IN3. The molecule has 1 atom stereocenters. The summed E-state index contributed by atoms with van der Waals surface area (Å²) in [7, 11) is 0. The highest BCUT2D eigenvalue weighted by atomic mass is 127. The second-order valence-electron chi connectivity index (χ2n) is 3.43. The van der Waals surface area contributed by atoms with Crippen LogP contribution in [0.15, 0.2) is 35.3 Å². The van der Waals surface area contributed by atoms with Crippen LogP contribution in [0.5, 0.6) is 0 Å². The van der Waals surface area contributed by atoms with Gasteiger partial charge in [-0.05, 0) is 12.5 Å². The molecule has 1 aromatic rings. The summed E-state index contributed by atoms with van der Waals surface area (Å²) in [6.07, 6.45) is 0. The Morgan fingerprint density at radius 3 is 2.67 bits per heavy atom. The zero-order valence-corrected chi connectivity index (χ0v) is 11.1. The van der Waals surface area contributed by atoms with Gasteiger partial charge in [-0.2, -0.15) is 0 Å². The highest BCUT2D eigenvalue weighted by Crippen LogP contribution is 2.10. The Bertz CT molecular complexity index is 324. The average molecular weight is 317 g/mol. The maximum absolute atomic E-state index is 4.30. The van der Waals surface area contributed by atoms with Crippen molar-refractivity contribution >= 4 is 29.9 Å². The average Bonchev–Trinajstić information content (AvgIpc) is 2.72. The van der Waals surface area contributed by atoms with Crippen LogP contribution in [-0.2, 0) is 0 Å². The minimum Gasteiger partial charge on any atom is -0.355 e. The lowest BCUT2D eigenvalue weighted by Crippen LogP contribution is -2.35. The van der Waals surface area contributed by atoms with E-state index >= 15 is 0 Å². The third-order valence-corrected chi connectivity index (χ3v) is 2.33. The van der Waals surface area contributed by atoms with Gasteiger partial charge in [0.1, 0.15) is 0 Å². The van der Waals surface area contributed by atoms with E-state index in [1.807, 2.05) is 6.07 Å². The number of guanidine groups is 1. The van der Waals surface area contributed by atoms with E-state index in [9.17, 15) is 0 Å². The number of nitrogens with one attached hydrogen (secondary N) is 2. The lowest BCUT2D eigenvalue weighted by molar-refractivity contribution is 0.702. The summed E-state index contributed by atoms with van der Waals surface area (Å²) in [5.74, 6) is 0.918. The Hall–Kier alpha value is -0.780. The molecule has 0 aromatic heterocycles. The SMILES string of the molecule is C[C@H](NC1=NCCN1)c1ccccc1.I. The summed E-state index contributed by atoms with van der Waals surface area (Å²) in [5, 5.41) is 6.53. The van der Waals surface area contributed by atoms with Gasteiger partial charge in [0, 0.05) is 6.54 Å². The molecule has 0 bridgehead atoms. The number of benzene rings is 1. The molecule has 0 aliphatic carbocycles. The second-order valence-corrected chi connectivity index (χ2v) is 3.43. The normalized spacial score (nSPS) is 15.9. The highest BCUT2D eigenvalue weighted by molar-refractivity contribution is 14.0. The monoisotopic (exact) mass is 317 g/mol. The summed E-state index contributed by atoms with van der Waals surface area (Å²) >= 11 is 0. The van der Waals surface area contributed by atoms with Crippen LogP contribution in [0.4, 0.5) is 0 Å². The second kappa shape index (κ2) is 5.95. The molecule has 0 amide bonds. The fourth-order valence-electron chi connectivity index (χ4n) is 1.52. The molecule has 1 heterocycles. The van der Waals surface area contributed by atoms with E-state index in [0.29, 0.717) is 6.04 Å². The van der Waals surface area contributed by atoms with E-state index in [4.69, 9.17) is 0 Å². The van der Waals surface area contributed by atoms with E-state index in [2.05, 4.69) is 46.8 Å². The van der Waals surface area contributed by atoms with Gasteiger partial charge in [-0.25, -0.2) is 0 Å². The maximum Gasteiger partial charge on any atom is 0.191 e. The van der Waals surface area contributed by atoms with Gasteiger partial charge in [0.25, 0.3) is 0 Å². The van der Waals surface area contributed by atoms with Crippen molar-refractivity contribution in [2.45, 2.75) is 13.0 Å². The Morgan fingerprint density at radius 1 is 1.33 bits per heavy atom. The number of rotatable bonds is 2. The Labute approximate surface area is 107 Å². The summed E-state index contributed by atoms with van der Waals surface area (Å²) in [5.41, 5.74) is 1.28. The van der Waals surface area contributed by atoms with Gasteiger partial charge < -0.3 is 10.6 Å². The number of aliphatic imine (C=N–C) groups is 1. The van der Waals surface area contributed by atoms with Crippen molar-refractivity contribution in [2.75, 3.05) is 13.1 Å². The third kappa shape index (κ3) is 3.37. The molecule has 0 fully saturated rings. The van der Waals surface area contributed by atoms with Crippen molar-refractivity contribution in [2.24, 2.45) is 4.99 Å². The standard InChI is InChI=1S/C11H15N3.HI/c1-9(10-5-3-2-4-6-10)14-11-12-7-8-13-11;/h2-6,9H,7-8H2,1H3,(H2,12,13,14);1H/t9-;/m0./s1. The fourth-order valence-corrected chi connectivity index (χ4v) is 1.52. The van der Waals surface area contributed by atoms with Crippen molar-refractivity contribution in [3.8, 4) is 0 Å². The molecule has 2 rings (SSSR count). The molecule has 3 nitrogen and oxygen atoms in total. The van der Waals surface area contributed by atoms with Gasteiger partial charge in [-0.1, -0.05) is 30.3 Å². The molecule has 2 N–H and O–H groups in total. The van der Waals surface area contributed by atoms with Crippen LogP contribution in [0.25, 0.3) is 0 Å². The van der Waals surface area contributed by atoms with Crippen LogP contribution in [0.3, 0.4) is 0 Å². The van der Waals surface area contributed by atoms with Crippen molar-refractivity contribution in [3.63, 3.8) is 0 Å². The topological polar surface area (TPSA) is 36.4 Å². The van der Waals surface area contributed by atoms with Crippen molar-refractivity contribution in [1.29, 1.82) is 0 Å². The van der Waals surface area contributed by atoms with Gasteiger partial charge in [-0.15, -0.1) is 24.0 Å². The summed E-state index contributed by atoms with van der Waals surface area (Å²) in [4.78, 5) is 4.30. The molecule has 0 saturated carbocycles. The van der Waals surface area contributed by atoms with Crippen LogP contribution in [0, 0.1) is 0 Å².